The minimum atomic E-state index is -3.05. The molecule has 1 aromatic rings. The number of benzene rings is 1. The maximum Gasteiger partial charge on any atom is 0.387 e. The molecular weight excluding hydrogens is 316 g/mol. The van der Waals surface area contributed by atoms with E-state index in [2.05, 4.69) is 20.7 Å². The average molecular weight is 324 g/mol. The molecule has 98 valence electrons. The Morgan fingerprint density at radius 3 is 2.67 bits per heavy atom. The summed E-state index contributed by atoms with van der Waals surface area (Å²) in [5.74, 6) is -0.528. The Labute approximate surface area is 109 Å². The summed E-state index contributed by atoms with van der Waals surface area (Å²) < 4.78 is 28.5. The molecule has 8 heteroatoms. The van der Waals surface area contributed by atoms with Gasteiger partial charge in [-0.3, -0.25) is 14.9 Å². The third-order valence-corrected chi connectivity index (χ3v) is 2.63. The first-order chi connectivity index (χ1) is 8.43. The van der Waals surface area contributed by atoms with E-state index < -0.39 is 11.5 Å². The van der Waals surface area contributed by atoms with Crippen molar-refractivity contribution in [3.05, 3.63) is 33.9 Å². The molecule has 0 N–H and O–H groups in total. The number of non-ortho nitro benzene ring substituents is 1. The number of carbonyl (C=O) groups excluding carboxylic acids is 1. The van der Waals surface area contributed by atoms with Gasteiger partial charge in [0.2, 0.25) is 0 Å². The summed E-state index contributed by atoms with van der Waals surface area (Å²) in [6, 6.07) is 3.15. The van der Waals surface area contributed by atoms with Crippen molar-refractivity contribution in [1.29, 1.82) is 0 Å². The molecule has 0 saturated carbocycles. The van der Waals surface area contributed by atoms with Crippen LogP contribution in [0.15, 0.2) is 18.2 Å². The Bertz CT molecular complexity index is 467. The van der Waals surface area contributed by atoms with Gasteiger partial charge in [0, 0.05) is 24.1 Å². The van der Waals surface area contributed by atoms with Crippen LogP contribution >= 0.6 is 15.9 Å². The van der Waals surface area contributed by atoms with E-state index in [0.29, 0.717) is 0 Å². The van der Waals surface area contributed by atoms with Crippen LogP contribution in [0.5, 0.6) is 5.75 Å². The number of rotatable bonds is 6. The van der Waals surface area contributed by atoms with Gasteiger partial charge in [-0.25, -0.2) is 0 Å². The molecule has 0 spiro atoms. The number of hydrogen-bond donors (Lipinski definition) is 0. The van der Waals surface area contributed by atoms with Gasteiger partial charge >= 0.3 is 6.61 Å². The summed E-state index contributed by atoms with van der Waals surface area (Å²) in [6.07, 6.45) is -0.213. The van der Waals surface area contributed by atoms with Gasteiger partial charge in [0.1, 0.15) is 11.5 Å². The number of nitro benzene ring substituents is 1. The van der Waals surface area contributed by atoms with E-state index in [1.807, 2.05) is 0 Å². The maximum absolute atomic E-state index is 12.1. The highest BCUT2D eigenvalue weighted by atomic mass is 79.9. The number of carbonyl (C=O) groups is 1. The molecule has 0 bridgehead atoms. The SMILES string of the molecule is O=C(CBr)Cc1cc([N+](=O)[O-])ccc1OC(F)F. The van der Waals surface area contributed by atoms with Crippen LogP contribution in [-0.2, 0) is 11.2 Å². The second kappa shape index (κ2) is 6.39. The van der Waals surface area contributed by atoms with E-state index >= 15 is 0 Å². The zero-order chi connectivity index (χ0) is 13.7. The Kier molecular flexibility index (Phi) is 5.14. The summed E-state index contributed by atoms with van der Waals surface area (Å²) in [5, 5.41) is 10.6. The van der Waals surface area contributed by atoms with Crippen LogP contribution in [0.3, 0.4) is 0 Å². The normalized spacial score (nSPS) is 10.4. The second-order valence-electron chi connectivity index (χ2n) is 3.28. The number of halogens is 3. The lowest BCUT2D eigenvalue weighted by molar-refractivity contribution is -0.384. The van der Waals surface area contributed by atoms with Crippen LogP contribution in [0.4, 0.5) is 14.5 Å². The molecule has 0 aliphatic rings. The van der Waals surface area contributed by atoms with Crippen LogP contribution in [0.2, 0.25) is 0 Å². The third-order valence-electron chi connectivity index (χ3n) is 2.01. The number of ether oxygens (including phenoxy) is 1. The van der Waals surface area contributed by atoms with Crippen LogP contribution in [0.25, 0.3) is 0 Å². The molecule has 0 saturated heterocycles. The highest BCUT2D eigenvalue weighted by Crippen LogP contribution is 2.26. The smallest absolute Gasteiger partial charge is 0.387 e. The number of hydrogen-bond acceptors (Lipinski definition) is 4. The molecule has 1 aromatic carbocycles. The molecule has 5 nitrogen and oxygen atoms in total. The predicted molar refractivity (Wildman–Crippen MR) is 62.2 cm³/mol. The fraction of sp³-hybridized carbons (Fsp3) is 0.300. The van der Waals surface area contributed by atoms with Crippen LogP contribution < -0.4 is 4.74 Å². The topological polar surface area (TPSA) is 69.4 Å². The minimum Gasteiger partial charge on any atom is -0.435 e. The van der Waals surface area contributed by atoms with Crippen LogP contribution in [0.1, 0.15) is 5.56 Å². The first-order valence-electron chi connectivity index (χ1n) is 4.74. The van der Waals surface area contributed by atoms with Gasteiger partial charge in [-0.15, -0.1) is 0 Å². The Morgan fingerprint density at radius 1 is 1.50 bits per heavy atom. The first-order valence-corrected chi connectivity index (χ1v) is 5.86. The van der Waals surface area contributed by atoms with E-state index in [1.165, 1.54) is 0 Å². The minimum absolute atomic E-state index is 0.0316. The van der Waals surface area contributed by atoms with Crippen molar-refractivity contribution in [1.82, 2.24) is 0 Å². The number of nitro groups is 1. The molecule has 0 radical (unpaired) electrons. The number of nitrogens with zero attached hydrogens (tertiary/aromatic N) is 1. The summed E-state index contributed by atoms with van der Waals surface area (Å²) >= 11 is 2.92. The summed E-state index contributed by atoms with van der Waals surface area (Å²) in [6.45, 7) is -3.05. The van der Waals surface area contributed by atoms with Gasteiger partial charge in [0.05, 0.1) is 10.3 Å². The quantitative estimate of drug-likeness (QED) is 0.458. The van der Waals surface area contributed by atoms with Crippen molar-refractivity contribution < 1.29 is 23.2 Å². The van der Waals surface area contributed by atoms with Crippen molar-refractivity contribution in [2.24, 2.45) is 0 Å². The lowest BCUT2D eigenvalue weighted by Gasteiger charge is -2.09. The van der Waals surface area contributed by atoms with E-state index in [1.54, 1.807) is 0 Å². The molecule has 0 unspecified atom stereocenters. The predicted octanol–water partition coefficient (Wildman–Crippen LogP) is 2.70. The molecule has 0 aliphatic carbocycles. The molecule has 0 amide bonds. The van der Waals surface area contributed by atoms with E-state index in [0.717, 1.165) is 18.2 Å². The monoisotopic (exact) mass is 323 g/mol. The zero-order valence-corrected chi connectivity index (χ0v) is 10.5. The Hall–Kier alpha value is -1.57. The van der Waals surface area contributed by atoms with Gasteiger partial charge in [0.25, 0.3) is 5.69 Å². The van der Waals surface area contributed by atoms with E-state index in [4.69, 9.17) is 0 Å². The van der Waals surface area contributed by atoms with Crippen molar-refractivity contribution in [2.75, 3.05) is 5.33 Å². The van der Waals surface area contributed by atoms with E-state index in [-0.39, 0.29) is 34.5 Å². The first kappa shape index (κ1) is 14.5. The summed E-state index contributed by atoms with van der Waals surface area (Å²) in [4.78, 5) is 21.1. The molecule has 0 fully saturated rings. The largest absolute Gasteiger partial charge is 0.435 e. The molecule has 1 rings (SSSR count). The van der Waals surface area contributed by atoms with E-state index in [9.17, 15) is 23.7 Å². The van der Waals surface area contributed by atoms with Gasteiger partial charge in [-0.1, -0.05) is 15.9 Å². The second-order valence-corrected chi connectivity index (χ2v) is 3.84. The zero-order valence-electron chi connectivity index (χ0n) is 8.94. The number of ketones is 1. The fourth-order valence-corrected chi connectivity index (χ4v) is 1.49. The molecule has 0 aliphatic heterocycles. The molecule has 18 heavy (non-hydrogen) atoms. The maximum atomic E-state index is 12.1. The Morgan fingerprint density at radius 2 is 2.17 bits per heavy atom. The van der Waals surface area contributed by atoms with Crippen molar-refractivity contribution in [2.45, 2.75) is 13.0 Å². The van der Waals surface area contributed by atoms with Gasteiger partial charge in [0.15, 0.2) is 0 Å². The highest BCUT2D eigenvalue weighted by molar-refractivity contribution is 9.09. The van der Waals surface area contributed by atoms with Gasteiger partial charge in [-0.05, 0) is 6.07 Å². The van der Waals surface area contributed by atoms with Crippen molar-refractivity contribution in [3.8, 4) is 5.75 Å². The lowest BCUT2D eigenvalue weighted by atomic mass is 10.1. The molecule has 0 aromatic heterocycles. The third kappa shape index (κ3) is 4.02. The van der Waals surface area contributed by atoms with Crippen LogP contribution in [-0.4, -0.2) is 22.6 Å². The highest BCUT2D eigenvalue weighted by Gasteiger charge is 2.16. The molecular formula is C10H8BrF2NO4. The van der Waals surface area contributed by atoms with Crippen LogP contribution in [0, 0.1) is 10.1 Å². The standard InChI is InChI=1S/C10H8BrF2NO4/c11-5-8(15)4-6-3-7(14(16)17)1-2-9(6)18-10(12)13/h1-3,10H,4-5H2. The molecule has 0 heterocycles. The van der Waals surface area contributed by atoms with Gasteiger partial charge < -0.3 is 4.74 Å². The van der Waals surface area contributed by atoms with Crippen molar-refractivity contribution >= 4 is 27.4 Å². The lowest BCUT2D eigenvalue weighted by Crippen LogP contribution is -2.09. The summed E-state index contributed by atoms with van der Waals surface area (Å²) in [7, 11) is 0. The van der Waals surface area contributed by atoms with Crippen molar-refractivity contribution in [3.63, 3.8) is 0 Å². The molecule has 0 atom stereocenters. The van der Waals surface area contributed by atoms with Gasteiger partial charge in [-0.2, -0.15) is 8.78 Å². The average Bonchev–Trinajstić information content (AvgIpc) is 2.30. The summed E-state index contributed by atoms with van der Waals surface area (Å²) in [5.41, 5.74) is -0.220. The number of alkyl halides is 3. The number of Topliss-reactive ketones (excluding diaryl/α,β-unsaturated/α-hetero) is 1. The Balaban J connectivity index is 3.09. The fourth-order valence-electron chi connectivity index (χ4n) is 1.29.